The van der Waals surface area contributed by atoms with Crippen LogP contribution in [0.4, 0.5) is 0 Å². The molecule has 6 nitrogen and oxygen atoms in total. The third-order valence-corrected chi connectivity index (χ3v) is 6.16. The second kappa shape index (κ2) is 10.3. The summed E-state index contributed by atoms with van der Waals surface area (Å²) in [6.45, 7) is 3.78. The molecule has 0 aromatic heterocycles. The highest BCUT2D eigenvalue weighted by atomic mass is 127. The van der Waals surface area contributed by atoms with Crippen LogP contribution < -0.4 is 10.6 Å². The standard InChI is InChI=1S/C17H28N4O2S.HI/c1-14(21(3)12-15-7-5-4-6-8-15)11-19-17(18-2)20-16-9-10-24(22,23)13-16;/h4-8,14,16H,9-13H2,1-3H3,(H2,18,19,20);1H. The Morgan fingerprint density at radius 1 is 1.36 bits per heavy atom. The zero-order valence-electron chi connectivity index (χ0n) is 15.1. The maximum Gasteiger partial charge on any atom is 0.191 e. The van der Waals surface area contributed by atoms with E-state index >= 15 is 0 Å². The molecule has 2 atom stereocenters. The van der Waals surface area contributed by atoms with Crippen LogP contribution in [0.3, 0.4) is 0 Å². The van der Waals surface area contributed by atoms with Gasteiger partial charge in [0.25, 0.3) is 0 Å². The third-order valence-electron chi connectivity index (χ3n) is 4.39. The average Bonchev–Trinajstić information content (AvgIpc) is 2.90. The van der Waals surface area contributed by atoms with Gasteiger partial charge < -0.3 is 10.6 Å². The minimum Gasteiger partial charge on any atom is -0.355 e. The first-order valence-electron chi connectivity index (χ1n) is 8.31. The molecule has 2 rings (SSSR count). The van der Waals surface area contributed by atoms with Gasteiger partial charge in [-0.3, -0.25) is 9.89 Å². The van der Waals surface area contributed by atoms with Gasteiger partial charge >= 0.3 is 0 Å². The van der Waals surface area contributed by atoms with Crippen LogP contribution in [-0.4, -0.2) is 63.5 Å². The highest BCUT2D eigenvalue weighted by Gasteiger charge is 2.28. The number of halogens is 1. The fraction of sp³-hybridized carbons (Fsp3) is 0.588. The van der Waals surface area contributed by atoms with Crippen molar-refractivity contribution in [3.63, 3.8) is 0 Å². The number of hydrogen-bond donors (Lipinski definition) is 2. The summed E-state index contributed by atoms with van der Waals surface area (Å²) in [5, 5.41) is 6.50. The molecule has 1 heterocycles. The van der Waals surface area contributed by atoms with Gasteiger partial charge in [-0.15, -0.1) is 24.0 Å². The topological polar surface area (TPSA) is 73.8 Å². The van der Waals surface area contributed by atoms with Crippen molar-refractivity contribution in [3.05, 3.63) is 35.9 Å². The quantitative estimate of drug-likeness (QED) is 0.367. The minimum absolute atomic E-state index is 0. The number of rotatable bonds is 6. The second-order valence-corrected chi connectivity index (χ2v) is 8.68. The van der Waals surface area contributed by atoms with Gasteiger partial charge in [-0.1, -0.05) is 30.3 Å². The summed E-state index contributed by atoms with van der Waals surface area (Å²) < 4.78 is 23.1. The van der Waals surface area contributed by atoms with Gasteiger partial charge in [0.1, 0.15) is 0 Å². The summed E-state index contributed by atoms with van der Waals surface area (Å²) in [6, 6.07) is 10.6. The van der Waals surface area contributed by atoms with Gasteiger partial charge in [-0.2, -0.15) is 0 Å². The molecule has 2 N–H and O–H groups in total. The van der Waals surface area contributed by atoms with Crippen molar-refractivity contribution in [2.75, 3.05) is 32.1 Å². The van der Waals surface area contributed by atoms with Gasteiger partial charge in [0.15, 0.2) is 15.8 Å². The molecule has 1 saturated heterocycles. The van der Waals surface area contributed by atoms with Crippen LogP contribution in [0.25, 0.3) is 0 Å². The van der Waals surface area contributed by atoms with E-state index in [1.807, 2.05) is 18.2 Å². The average molecular weight is 480 g/mol. The van der Waals surface area contributed by atoms with E-state index in [4.69, 9.17) is 0 Å². The van der Waals surface area contributed by atoms with Crippen molar-refractivity contribution < 1.29 is 8.42 Å². The Labute approximate surface area is 168 Å². The van der Waals surface area contributed by atoms with Crippen molar-refractivity contribution in [2.45, 2.75) is 32.0 Å². The summed E-state index contributed by atoms with van der Waals surface area (Å²) in [6.07, 6.45) is 0.645. The van der Waals surface area contributed by atoms with Crippen molar-refractivity contribution in [1.82, 2.24) is 15.5 Å². The van der Waals surface area contributed by atoms with Crippen LogP contribution >= 0.6 is 24.0 Å². The van der Waals surface area contributed by atoms with E-state index in [2.05, 4.69) is 46.6 Å². The maximum atomic E-state index is 11.5. The Balaban J connectivity index is 0.00000312. The molecule has 1 aromatic rings. The Kier molecular flexibility index (Phi) is 9.15. The molecule has 1 fully saturated rings. The molecular weight excluding hydrogens is 451 g/mol. The maximum absolute atomic E-state index is 11.5. The van der Waals surface area contributed by atoms with Gasteiger partial charge in [0.05, 0.1) is 11.5 Å². The Morgan fingerprint density at radius 3 is 2.60 bits per heavy atom. The number of nitrogens with zero attached hydrogens (tertiary/aromatic N) is 2. The first kappa shape index (κ1) is 22.2. The highest BCUT2D eigenvalue weighted by molar-refractivity contribution is 14.0. The molecule has 142 valence electrons. The number of benzene rings is 1. The molecule has 0 amide bonds. The van der Waals surface area contributed by atoms with Crippen molar-refractivity contribution >= 4 is 39.8 Å². The van der Waals surface area contributed by atoms with Crippen LogP contribution in [0, 0.1) is 0 Å². The number of nitrogens with one attached hydrogen (secondary N) is 2. The predicted octanol–water partition coefficient (Wildman–Crippen LogP) is 1.48. The summed E-state index contributed by atoms with van der Waals surface area (Å²) >= 11 is 0. The summed E-state index contributed by atoms with van der Waals surface area (Å²) in [5.74, 6) is 1.12. The molecule has 0 aliphatic carbocycles. The molecular formula is C17H29IN4O2S. The molecule has 0 saturated carbocycles. The third kappa shape index (κ3) is 7.49. The highest BCUT2D eigenvalue weighted by Crippen LogP contribution is 2.11. The van der Waals surface area contributed by atoms with E-state index in [1.54, 1.807) is 7.05 Å². The first-order valence-corrected chi connectivity index (χ1v) is 10.1. The van der Waals surface area contributed by atoms with Crippen LogP contribution in [0.15, 0.2) is 35.3 Å². The SMILES string of the molecule is CN=C(NCC(C)N(C)Cc1ccccc1)NC1CCS(=O)(=O)C1.I. The number of likely N-dealkylation sites (N-methyl/N-ethyl adjacent to an activating group) is 1. The van der Waals surface area contributed by atoms with Crippen molar-refractivity contribution in [3.8, 4) is 0 Å². The van der Waals surface area contributed by atoms with E-state index in [9.17, 15) is 8.42 Å². The summed E-state index contributed by atoms with van der Waals surface area (Å²) in [4.78, 5) is 6.47. The molecule has 0 radical (unpaired) electrons. The fourth-order valence-electron chi connectivity index (χ4n) is 2.72. The molecule has 0 bridgehead atoms. The van der Waals surface area contributed by atoms with Gasteiger partial charge in [-0.25, -0.2) is 8.42 Å². The summed E-state index contributed by atoms with van der Waals surface area (Å²) in [7, 11) is 0.920. The van der Waals surface area contributed by atoms with E-state index in [1.165, 1.54) is 5.56 Å². The lowest BCUT2D eigenvalue weighted by Gasteiger charge is -2.26. The molecule has 0 spiro atoms. The molecule has 8 heteroatoms. The van der Waals surface area contributed by atoms with E-state index in [-0.39, 0.29) is 41.5 Å². The Morgan fingerprint density at radius 2 is 2.04 bits per heavy atom. The largest absolute Gasteiger partial charge is 0.355 e. The number of hydrogen-bond acceptors (Lipinski definition) is 4. The lowest BCUT2D eigenvalue weighted by Crippen LogP contribution is -2.48. The summed E-state index contributed by atoms with van der Waals surface area (Å²) in [5.41, 5.74) is 1.28. The number of guanidine groups is 1. The molecule has 25 heavy (non-hydrogen) atoms. The zero-order valence-corrected chi connectivity index (χ0v) is 18.3. The number of aliphatic imine (C=N–C) groups is 1. The molecule has 1 aliphatic heterocycles. The van der Waals surface area contributed by atoms with E-state index in [0.717, 1.165) is 13.1 Å². The molecule has 2 unspecified atom stereocenters. The van der Waals surface area contributed by atoms with Crippen molar-refractivity contribution in [1.29, 1.82) is 0 Å². The van der Waals surface area contributed by atoms with Crippen molar-refractivity contribution in [2.24, 2.45) is 4.99 Å². The van der Waals surface area contributed by atoms with Crippen LogP contribution in [0.1, 0.15) is 18.9 Å². The van der Waals surface area contributed by atoms with Crippen LogP contribution in [0.2, 0.25) is 0 Å². The van der Waals surface area contributed by atoms with Crippen LogP contribution in [-0.2, 0) is 16.4 Å². The minimum atomic E-state index is -2.88. The smallest absolute Gasteiger partial charge is 0.191 e. The Bertz CT molecular complexity index is 652. The Hall–Kier alpha value is -0.870. The monoisotopic (exact) mass is 480 g/mol. The first-order chi connectivity index (χ1) is 11.4. The van der Waals surface area contributed by atoms with Gasteiger partial charge in [-0.05, 0) is 26.0 Å². The van der Waals surface area contributed by atoms with Crippen LogP contribution in [0.5, 0.6) is 0 Å². The normalized spacial score (nSPS) is 20.8. The number of sulfone groups is 1. The second-order valence-electron chi connectivity index (χ2n) is 6.45. The lowest BCUT2D eigenvalue weighted by molar-refractivity contribution is 0.249. The fourth-order valence-corrected chi connectivity index (χ4v) is 4.40. The zero-order chi connectivity index (χ0) is 17.6. The lowest BCUT2D eigenvalue weighted by atomic mass is 10.2. The molecule has 1 aromatic carbocycles. The van der Waals surface area contributed by atoms with Gasteiger partial charge in [0.2, 0.25) is 0 Å². The van der Waals surface area contributed by atoms with E-state index < -0.39 is 9.84 Å². The molecule has 1 aliphatic rings. The van der Waals surface area contributed by atoms with E-state index in [0.29, 0.717) is 18.4 Å². The van der Waals surface area contributed by atoms with Gasteiger partial charge in [0, 0.05) is 32.2 Å². The predicted molar refractivity (Wildman–Crippen MR) is 114 cm³/mol.